The van der Waals surface area contributed by atoms with Crippen molar-refractivity contribution < 1.29 is 33.4 Å². The van der Waals surface area contributed by atoms with E-state index in [1.807, 2.05) is 12.1 Å². The van der Waals surface area contributed by atoms with Crippen LogP contribution in [0.3, 0.4) is 0 Å². The van der Waals surface area contributed by atoms with Crippen LogP contribution in [0, 0.1) is 0 Å². The topological polar surface area (TPSA) is 80.9 Å². The zero-order chi connectivity index (χ0) is 19.3. The van der Waals surface area contributed by atoms with Gasteiger partial charge in [-0.1, -0.05) is 6.07 Å². The van der Waals surface area contributed by atoms with Crippen LogP contribution in [-0.2, 0) is 11.8 Å². The number of aromatic nitrogens is 1. The number of carboxylic acid groups (broad SMARTS) is 1. The van der Waals surface area contributed by atoms with Gasteiger partial charge in [0, 0.05) is 11.9 Å². The normalized spacial score (nSPS) is 13.6. The van der Waals surface area contributed by atoms with Crippen LogP contribution in [0.2, 0.25) is 0 Å². The first-order chi connectivity index (χ1) is 13.7. The van der Waals surface area contributed by atoms with E-state index in [2.05, 4.69) is 42.1 Å². The van der Waals surface area contributed by atoms with E-state index in [-0.39, 0.29) is 13.6 Å². The van der Waals surface area contributed by atoms with Gasteiger partial charge in [-0.15, -0.1) is 0 Å². The lowest BCUT2D eigenvalue weighted by atomic mass is 10.00. The minimum absolute atomic E-state index is 0.275. The second-order valence-electron chi connectivity index (χ2n) is 6.49. The SMILES string of the molecule is C[n+]1cc2c3c(ccc2c2ccc4cc5c(cc4c21)OCO5)OCO3.O=C[O-]. The van der Waals surface area contributed by atoms with E-state index >= 15 is 0 Å². The van der Waals surface area contributed by atoms with E-state index in [1.165, 1.54) is 5.39 Å². The van der Waals surface area contributed by atoms with Crippen LogP contribution in [0.1, 0.15) is 0 Å². The summed E-state index contributed by atoms with van der Waals surface area (Å²) in [5.74, 6) is 3.22. The molecular weight excluding hydrogens is 362 g/mol. The third-order valence-corrected chi connectivity index (χ3v) is 5.03. The summed E-state index contributed by atoms with van der Waals surface area (Å²) in [6.45, 7) is 0.0551. The molecule has 3 aromatic carbocycles. The van der Waals surface area contributed by atoms with Gasteiger partial charge in [0.15, 0.2) is 29.2 Å². The molecule has 0 fully saturated rings. The summed E-state index contributed by atoms with van der Waals surface area (Å²) < 4.78 is 24.4. The number of nitrogens with zero attached hydrogens (tertiary/aromatic N) is 1. The van der Waals surface area contributed by atoms with Crippen LogP contribution in [-0.4, -0.2) is 20.1 Å². The van der Waals surface area contributed by atoms with Crippen LogP contribution < -0.4 is 28.6 Å². The molecule has 2 aliphatic rings. The van der Waals surface area contributed by atoms with Gasteiger partial charge in [-0.25, -0.2) is 0 Å². The largest absolute Gasteiger partial charge is 0.554 e. The van der Waals surface area contributed by atoms with E-state index in [0.717, 1.165) is 50.1 Å². The molecule has 0 spiro atoms. The highest BCUT2D eigenvalue weighted by Crippen LogP contribution is 2.42. The van der Waals surface area contributed by atoms with Gasteiger partial charge in [-0.2, -0.15) is 4.57 Å². The van der Waals surface area contributed by atoms with Crippen molar-refractivity contribution in [2.75, 3.05) is 13.6 Å². The summed E-state index contributed by atoms with van der Waals surface area (Å²) in [7, 11) is 2.06. The fraction of sp³-hybridized carbons (Fsp3) is 0.143. The summed E-state index contributed by atoms with van der Waals surface area (Å²) >= 11 is 0. The second kappa shape index (κ2) is 6.16. The van der Waals surface area contributed by atoms with Gasteiger partial charge in [-0.3, -0.25) is 0 Å². The van der Waals surface area contributed by atoms with E-state index in [0.29, 0.717) is 0 Å². The molecule has 28 heavy (non-hydrogen) atoms. The maximum absolute atomic E-state index is 8.25. The quantitative estimate of drug-likeness (QED) is 0.264. The predicted octanol–water partition coefficient (Wildman–Crippen LogP) is 1.79. The lowest BCUT2D eigenvalue weighted by Gasteiger charge is -2.08. The minimum atomic E-state index is -0.500. The van der Waals surface area contributed by atoms with Gasteiger partial charge in [0.25, 0.3) is 0 Å². The van der Waals surface area contributed by atoms with Gasteiger partial charge in [0.05, 0.1) is 16.2 Å². The molecule has 0 radical (unpaired) electrons. The number of carbonyl (C=O) groups is 1. The van der Waals surface area contributed by atoms with Crippen molar-refractivity contribution in [2.45, 2.75) is 0 Å². The van der Waals surface area contributed by atoms with Crippen LogP contribution >= 0.6 is 0 Å². The van der Waals surface area contributed by atoms with Crippen molar-refractivity contribution in [1.82, 2.24) is 0 Å². The van der Waals surface area contributed by atoms with Crippen molar-refractivity contribution >= 4 is 38.9 Å². The number of aryl methyl sites for hydroxylation is 1. The predicted molar refractivity (Wildman–Crippen MR) is 98.4 cm³/mol. The summed E-state index contributed by atoms with van der Waals surface area (Å²) in [5.41, 5.74) is 1.15. The zero-order valence-electron chi connectivity index (χ0n) is 14.9. The van der Waals surface area contributed by atoms with Gasteiger partial charge in [0.2, 0.25) is 19.1 Å². The first-order valence-electron chi connectivity index (χ1n) is 8.64. The lowest BCUT2D eigenvalue weighted by Crippen LogP contribution is -2.28. The summed E-state index contributed by atoms with van der Waals surface area (Å²) in [6, 6.07) is 12.5. The van der Waals surface area contributed by atoms with E-state index in [4.69, 9.17) is 28.8 Å². The Balaban J connectivity index is 0.000000538. The molecule has 7 heteroatoms. The van der Waals surface area contributed by atoms with Crippen LogP contribution in [0.25, 0.3) is 32.4 Å². The maximum Gasteiger partial charge on any atom is 0.231 e. The van der Waals surface area contributed by atoms with Gasteiger partial charge in [-0.05, 0) is 35.7 Å². The van der Waals surface area contributed by atoms with Crippen LogP contribution in [0.4, 0.5) is 0 Å². The smallest absolute Gasteiger partial charge is 0.231 e. The molecule has 7 nitrogen and oxygen atoms in total. The number of fused-ring (bicyclic) bond motifs is 8. The van der Waals surface area contributed by atoms with Crippen molar-refractivity contribution in [2.24, 2.45) is 7.05 Å². The molecule has 0 atom stereocenters. The summed E-state index contributed by atoms with van der Waals surface area (Å²) in [5, 5.41) is 13.9. The Morgan fingerprint density at radius 3 is 2.36 bits per heavy atom. The third kappa shape index (κ3) is 2.29. The number of pyridine rings is 1. The van der Waals surface area contributed by atoms with Crippen LogP contribution in [0.5, 0.6) is 23.0 Å². The minimum Gasteiger partial charge on any atom is -0.554 e. The molecule has 6 rings (SSSR count). The molecular formula is C21H15NO6. The molecule has 0 saturated carbocycles. The van der Waals surface area contributed by atoms with Crippen molar-refractivity contribution in [3.63, 3.8) is 0 Å². The Bertz CT molecular complexity index is 1270. The molecule has 0 unspecified atom stereocenters. The summed E-state index contributed by atoms with van der Waals surface area (Å²) in [6.07, 6.45) is 2.11. The molecule has 0 saturated heterocycles. The second-order valence-corrected chi connectivity index (χ2v) is 6.49. The number of hydrogen-bond acceptors (Lipinski definition) is 6. The first-order valence-corrected chi connectivity index (χ1v) is 8.64. The summed E-state index contributed by atoms with van der Waals surface area (Å²) in [4.78, 5) is 8.25. The number of carbonyl (C=O) groups excluding carboxylic acids is 1. The third-order valence-electron chi connectivity index (χ3n) is 5.03. The van der Waals surface area contributed by atoms with Gasteiger partial charge >= 0.3 is 0 Å². The van der Waals surface area contributed by atoms with Crippen molar-refractivity contribution in [3.8, 4) is 23.0 Å². The van der Waals surface area contributed by atoms with E-state index in [1.54, 1.807) is 0 Å². The highest BCUT2D eigenvalue weighted by molar-refractivity contribution is 6.15. The Morgan fingerprint density at radius 2 is 1.54 bits per heavy atom. The first kappa shape index (κ1) is 16.4. The number of ether oxygens (including phenoxy) is 4. The average Bonchev–Trinajstić information content (AvgIpc) is 3.35. The lowest BCUT2D eigenvalue weighted by molar-refractivity contribution is -0.642. The molecule has 3 heterocycles. The Morgan fingerprint density at radius 1 is 0.857 bits per heavy atom. The van der Waals surface area contributed by atoms with Gasteiger partial charge < -0.3 is 28.8 Å². The molecule has 2 aliphatic heterocycles. The number of rotatable bonds is 0. The average molecular weight is 377 g/mol. The Kier molecular flexibility index (Phi) is 3.61. The highest BCUT2D eigenvalue weighted by atomic mass is 16.7. The molecule has 0 N–H and O–H groups in total. The molecule has 140 valence electrons. The fourth-order valence-electron chi connectivity index (χ4n) is 3.91. The van der Waals surface area contributed by atoms with Gasteiger partial charge in [0.1, 0.15) is 7.05 Å². The maximum atomic E-state index is 8.25. The molecule has 4 aromatic rings. The van der Waals surface area contributed by atoms with Crippen LogP contribution in [0.15, 0.2) is 42.6 Å². The molecule has 0 amide bonds. The molecule has 0 bridgehead atoms. The molecule has 0 aliphatic carbocycles. The zero-order valence-corrected chi connectivity index (χ0v) is 14.9. The number of hydrogen-bond donors (Lipinski definition) is 0. The van der Waals surface area contributed by atoms with Crippen molar-refractivity contribution in [1.29, 1.82) is 0 Å². The standard InChI is InChI=1S/C20H14NO4.CH2O2/c1-21-8-15-12(4-5-16-20(15)25-10-22-16)13-3-2-11-6-17-18(24-9-23-17)7-14(11)19(13)21;2-1-3/h2-8H,9-10H2,1H3;1H,(H,2,3)/q+1;/p-1. The fourth-order valence-corrected chi connectivity index (χ4v) is 3.91. The number of benzene rings is 3. The Labute approximate surface area is 159 Å². The monoisotopic (exact) mass is 377 g/mol. The van der Waals surface area contributed by atoms with Crippen molar-refractivity contribution in [3.05, 3.63) is 42.6 Å². The van der Waals surface area contributed by atoms with E-state index < -0.39 is 6.47 Å². The Hall–Kier alpha value is -3.74. The van der Waals surface area contributed by atoms with E-state index in [9.17, 15) is 0 Å². The highest BCUT2D eigenvalue weighted by Gasteiger charge is 2.24. The molecule has 1 aromatic heterocycles.